The van der Waals surface area contributed by atoms with Crippen molar-refractivity contribution in [3.05, 3.63) is 29.6 Å². The van der Waals surface area contributed by atoms with Gasteiger partial charge in [0, 0.05) is 31.9 Å². The Balaban J connectivity index is 2.26. The minimum Gasteiger partial charge on any atom is -0.380 e. The molecule has 3 nitrogen and oxygen atoms in total. The lowest BCUT2D eigenvalue weighted by atomic mass is 10.0. The number of hydrogen-bond donors (Lipinski definition) is 1. The molecule has 0 saturated carbocycles. The molecule has 0 aromatic heterocycles. The Hall–Kier alpha value is -1.13. The van der Waals surface area contributed by atoms with Crippen LogP contribution in [-0.4, -0.2) is 26.3 Å². The summed E-state index contributed by atoms with van der Waals surface area (Å²) in [6.45, 7) is 3.71. The van der Waals surface area contributed by atoms with E-state index >= 15 is 0 Å². The zero-order valence-corrected chi connectivity index (χ0v) is 11.0. The van der Waals surface area contributed by atoms with Crippen LogP contribution in [0.3, 0.4) is 0 Å². The Morgan fingerprint density at radius 2 is 2.28 bits per heavy atom. The number of nitrogens with zero attached hydrogens (tertiary/aromatic N) is 1. The summed E-state index contributed by atoms with van der Waals surface area (Å²) >= 11 is 0. The number of nitrogens with two attached hydrogens (primary N) is 1. The highest BCUT2D eigenvalue weighted by Gasteiger charge is 2.22. The number of halogens is 1. The van der Waals surface area contributed by atoms with E-state index in [0.29, 0.717) is 0 Å². The first-order valence-electron chi connectivity index (χ1n) is 6.44. The van der Waals surface area contributed by atoms with Gasteiger partial charge in [0.1, 0.15) is 5.82 Å². The van der Waals surface area contributed by atoms with Gasteiger partial charge >= 0.3 is 0 Å². The summed E-state index contributed by atoms with van der Waals surface area (Å²) in [5.74, 6) is -0.230. The minimum atomic E-state index is -0.230. The van der Waals surface area contributed by atoms with Crippen LogP contribution in [0.1, 0.15) is 31.4 Å². The minimum absolute atomic E-state index is 0.168. The van der Waals surface area contributed by atoms with Gasteiger partial charge in [-0.05, 0) is 43.5 Å². The van der Waals surface area contributed by atoms with Crippen LogP contribution in [0.4, 0.5) is 10.1 Å². The summed E-state index contributed by atoms with van der Waals surface area (Å²) in [6, 6.07) is 4.69. The first-order chi connectivity index (χ1) is 8.61. The molecule has 100 valence electrons. The van der Waals surface area contributed by atoms with Gasteiger partial charge in [-0.3, -0.25) is 0 Å². The maximum atomic E-state index is 13.3. The number of ether oxygens (including phenoxy) is 1. The lowest BCUT2D eigenvalue weighted by Crippen LogP contribution is -2.40. The van der Waals surface area contributed by atoms with Gasteiger partial charge in [-0.2, -0.15) is 0 Å². The predicted octanol–water partition coefficient (Wildman–Crippen LogP) is 2.46. The van der Waals surface area contributed by atoms with Crippen molar-refractivity contribution in [2.24, 2.45) is 5.73 Å². The molecule has 1 aromatic rings. The Morgan fingerprint density at radius 3 is 2.94 bits per heavy atom. The Labute approximate surface area is 108 Å². The zero-order valence-electron chi connectivity index (χ0n) is 11.0. The van der Waals surface area contributed by atoms with Gasteiger partial charge in [0.05, 0.1) is 6.10 Å². The fourth-order valence-corrected chi connectivity index (χ4v) is 2.53. The maximum Gasteiger partial charge on any atom is 0.123 e. The van der Waals surface area contributed by atoms with E-state index in [1.165, 1.54) is 12.1 Å². The first-order valence-corrected chi connectivity index (χ1v) is 6.44. The fraction of sp³-hybridized carbons (Fsp3) is 0.571. The standard InChI is InChI=1S/C14H21FN2O/c1-10(16)13-8-11(15)5-6-14(13)17-7-3-4-12(9-17)18-2/h5-6,8,10,12H,3-4,7,9,16H2,1-2H3/t10-,12?/m1/s1. The molecule has 0 radical (unpaired) electrons. The third-order valence-corrected chi connectivity index (χ3v) is 3.53. The molecule has 4 heteroatoms. The van der Waals surface area contributed by atoms with E-state index in [1.807, 2.05) is 13.0 Å². The van der Waals surface area contributed by atoms with Crippen LogP contribution in [0.25, 0.3) is 0 Å². The molecular formula is C14H21FN2O. The van der Waals surface area contributed by atoms with Crippen LogP contribution in [0.2, 0.25) is 0 Å². The van der Waals surface area contributed by atoms with Crippen molar-refractivity contribution in [2.45, 2.75) is 31.9 Å². The van der Waals surface area contributed by atoms with Crippen LogP contribution >= 0.6 is 0 Å². The number of benzene rings is 1. The molecule has 2 rings (SSSR count). The average molecular weight is 252 g/mol. The highest BCUT2D eigenvalue weighted by Crippen LogP contribution is 2.29. The summed E-state index contributed by atoms with van der Waals surface area (Å²) in [5, 5.41) is 0. The number of rotatable bonds is 3. The topological polar surface area (TPSA) is 38.5 Å². The van der Waals surface area contributed by atoms with Gasteiger partial charge < -0.3 is 15.4 Å². The monoisotopic (exact) mass is 252 g/mol. The van der Waals surface area contributed by atoms with Gasteiger partial charge in [0.2, 0.25) is 0 Å². The second kappa shape index (κ2) is 5.67. The highest BCUT2D eigenvalue weighted by atomic mass is 19.1. The van der Waals surface area contributed by atoms with E-state index in [9.17, 15) is 4.39 Å². The molecule has 1 saturated heterocycles. The number of piperidine rings is 1. The van der Waals surface area contributed by atoms with Crippen LogP contribution in [0.15, 0.2) is 18.2 Å². The molecule has 1 aromatic carbocycles. The quantitative estimate of drug-likeness (QED) is 0.898. The smallest absolute Gasteiger partial charge is 0.123 e. The predicted molar refractivity (Wildman–Crippen MR) is 71.2 cm³/mol. The molecule has 0 bridgehead atoms. The second-order valence-electron chi connectivity index (χ2n) is 4.94. The van der Waals surface area contributed by atoms with Crippen molar-refractivity contribution in [1.29, 1.82) is 0 Å². The molecular weight excluding hydrogens is 231 g/mol. The number of anilines is 1. The lowest BCUT2D eigenvalue weighted by molar-refractivity contribution is 0.0893. The van der Waals surface area contributed by atoms with E-state index in [1.54, 1.807) is 7.11 Å². The van der Waals surface area contributed by atoms with Crippen LogP contribution in [-0.2, 0) is 4.74 Å². The normalized spacial score (nSPS) is 22.0. The maximum absolute atomic E-state index is 13.3. The van der Waals surface area contributed by atoms with Crippen molar-refractivity contribution in [2.75, 3.05) is 25.1 Å². The molecule has 2 atom stereocenters. The molecule has 0 amide bonds. The summed E-state index contributed by atoms with van der Waals surface area (Å²) in [4.78, 5) is 2.25. The van der Waals surface area contributed by atoms with Gasteiger partial charge in [-0.15, -0.1) is 0 Å². The average Bonchev–Trinajstić information content (AvgIpc) is 2.38. The van der Waals surface area contributed by atoms with Crippen molar-refractivity contribution in [1.82, 2.24) is 0 Å². The number of hydrogen-bond acceptors (Lipinski definition) is 3. The summed E-state index contributed by atoms with van der Waals surface area (Å²) < 4.78 is 18.7. The SMILES string of the molecule is COC1CCCN(c2ccc(F)cc2[C@@H](C)N)C1. The van der Waals surface area contributed by atoms with Crippen LogP contribution in [0.5, 0.6) is 0 Å². The van der Waals surface area contributed by atoms with Crippen molar-refractivity contribution < 1.29 is 9.13 Å². The Morgan fingerprint density at radius 1 is 1.50 bits per heavy atom. The van der Waals surface area contributed by atoms with E-state index in [2.05, 4.69) is 4.90 Å². The van der Waals surface area contributed by atoms with Gasteiger partial charge in [-0.25, -0.2) is 4.39 Å². The fourth-order valence-electron chi connectivity index (χ4n) is 2.53. The summed E-state index contributed by atoms with van der Waals surface area (Å²) in [7, 11) is 1.74. The zero-order chi connectivity index (χ0) is 13.1. The molecule has 1 fully saturated rings. The third kappa shape index (κ3) is 2.82. The van der Waals surface area contributed by atoms with Crippen LogP contribution < -0.4 is 10.6 Å². The molecule has 1 unspecified atom stereocenters. The van der Waals surface area contributed by atoms with Crippen molar-refractivity contribution in [3.63, 3.8) is 0 Å². The largest absolute Gasteiger partial charge is 0.380 e. The highest BCUT2D eigenvalue weighted by molar-refractivity contribution is 5.55. The van der Waals surface area contributed by atoms with E-state index in [4.69, 9.17) is 10.5 Å². The molecule has 18 heavy (non-hydrogen) atoms. The molecule has 1 aliphatic rings. The third-order valence-electron chi connectivity index (χ3n) is 3.53. The Bertz CT molecular complexity index is 409. The second-order valence-corrected chi connectivity index (χ2v) is 4.94. The molecule has 1 heterocycles. The van der Waals surface area contributed by atoms with Gasteiger partial charge in [0.25, 0.3) is 0 Å². The Kier molecular flexibility index (Phi) is 4.19. The van der Waals surface area contributed by atoms with E-state index in [-0.39, 0.29) is 18.0 Å². The van der Waals surface area contributed by atoms with E-state index < -0.39 is 0 Å². The van der Waals surface area contributed by atoms with Gasteiger partial charge in [-0.1, -0.05) is 0 Å². The first kappa shape index (κ1) is 13.3. The van der Waals surface area contributed by atoms with Crippen molar-refractivity contribution in [3.8, 4) is 0 Å². The van der Waals surface area contributed by atoms with Gasteiger partial charge in [0.15, 0.2) is 0 Å². The van der Waals surface area contributed by atoms with E-state index in [0.717, 1.165) is 37.2 Å². The summed E-state index contributed by atoms with van der Waals surface area (Å²) in [6.07, 6.45) is 2.43. The lowest BCUT2D eigenvalue weighted by Gasteiger charge is -2.35. The van der Waals surface area contributed by atoms with Crippen molar-refractivity contribution >= 4 is 5.69 Å². The van der Waals surface area contributed by atoms with Crippen LogP contribution in [0, 0.1) is 5.82 Å². The molecule has 2 N–H and O–H groups in total. The number of methoxy groups -OCH3 is 1. The molecule has 0 spiro atoms. The molecule has 1 aliphatic heterocycles. The molecule has 0 aliphatic carbocycles. The summed E-state index contributed by atoms with van der Waals surface area (Å²) in [5.41, 5.74) is 7.84.